The first-order valence-electron chi connectivity index (χ1n) is 6.51. The number of ether oxygens (including phenoxy) is 1. The van der Waals surface area contributed by atoms with Gasteiger partial charge in [-0.25, -0.2) is 4.98 Å². The van der Waals surface area contributed by atoms with Crippen LogP contribution in [0.15, 0.2) is 0 Å². The summed E-state index contributed by atoms with van der Waals surface area (Å²) in [6, 6.07) is 0. The van der Waals surface area contributed by atoms with E-state index in [1.165, 1.54) is 11.5 Å². The van der Waals surface area contributed by atoms with E-state index < -0.39 is 0 Å². The minimum absolute atomic E-state index is 0.113. The smallest absolute Gasteiger partial charge is 0.202 e. The van der Waals surface area contributed by atoms with E-state index >= 15 is 0 Å². The first-order valence-corrected chi connectivity index (χ1v) is 7.28. The van der Waals surface area contributed by atoms with Crippen LogP contribution in [0.1, 0.15) is 26.6 Å². The van der Waals surface area contributed by atoms with Gasteiger partial charge in [-0.3, -0.25) is 4.90 Å². The highest BCUT2D eigenvalue weighted by Gasteiger charge is 2.28. The predicted molar refractivity (Wildman–Crippen MR) is 74.2 cm³/mol. The molecule has 1 aromatic heterocycles. The van der Waals surface area contributed by atoms with Gasteiger partial charge in [0.25, 0.3) is 0 Å². The molecule has 102 valence electrons. The maximum Gasteiger partial charge on any atom is 0.202 e. The molecule has 0 amide bonds. The highest BCUT2D eigenvalue weighted by atomic mass is 32.1. The molecule has 2 heterocycles. The van der Waals surface area contributed by atoms with E-state index in [2.05, 4.69) is 40.3 Å². The molecule has 1 aliphatic heterocycles. The Morgan fingerprint density at radius 1 is 1.39 bits per heavy atom. The van der Waals surface area contributed by atoms with Crippen molar-refractivity contribution in [1.29, 1.82) is 0 Å². The Hall–Kier alpha value is -0.720. The number of aryl methyl sites for hydroxylation is 1. The molecule has 0 aliphatic carbocycles. The van der Waals surface area contributed by atoms with Crippen molar-refractivity contribution in [3.8, 4) is 0 Å². The second kappa shape index (κ2) is 5.95. The van der Waals surface area contributed by atoms with E-state index in [0.717, 1.165) is 50.2 Å². The second-order valence-electron chi connectivity index (χ2n) is 5.13. The van der Waals surface area contributed by atoms with E-state index in [4.69, 9.17) is 4.74 Å². The van der Waals surface area contributed by atoms with Crippen molar-refractivity contribution in [2.24, 2.45) is 0 Å². The van der Waals surface area contributed by atoms with Crippen LogP contribution >= 0.6 is 11.5 Å². The van der Waals surface area contributed by atoms with Crippen LogP contribution in [-0.2, 0) is 11.2 Å². The van der Waals surface area contributed by atoms with Gasteiger partial charge in [-0.15, -0.1) is 0 Å². The molecule has 5 nitrogen and oxygen atoms in total. The first kappa shape index (κ1) is 13.7. The predicted octanol–water partition coefficient (Wildman–Crippen LogP) is 1.62. The molecular formula is C12H22N4OS. The number of nitrogens with one attached hydrogen (secondary N) is 1. The maximum absolute atomic E-state index is 5.39. The average Bonchev–Trinajstić information content (AvgIpc) is 2.86. The molecular weight excluding hydrogens is 248 g/mol. The van der Waals surface area contributed by atoms with E-state index in [9.17, 15) is 0 Å². The van der Waals surface area contributed by atoms with Crippen LogP contribution in [0, 0.1) is 0 Å². The third-order valence-corrected chi connectivity index (χ3v) is 4.03. The Kier molecular flexibility index (Phi) is 4.53. The number of aromatic nitrogens is 2. The zero-order chi connectivity index (χ0) is 13.0. The fraction of sp³-hybridized carbons (Fsp3) is 0.833. The summed E-state index contributed by atoms with van der Waals surface area (Å²) in [5.41, 5.74) is 0.113. The largest absolute Gasteiger partial charge is 0.379 e. The van der Waals surface area contributed by atoms with Crippen molar-refractivity contribution < 1.29 is 4.74 Å². The fourth-order valence-electron chi connectivity index (χ4n) is 2.04. The molecule has 0 saturated carbocycles. The topological polar surface area (TPSA) is 50.3 Å². The van der Waals surface area contributed by atoms with E-state index in [0.29, 0.717) is 0 Å². The van der Waals surface area contributed by atoms with Gasteiger partial charge < -0.3 is 10.1 Å². The lowest BCUT2D eigenvalue weighted by Gasteiger charge is -2.40. The highest BCUT2D eigenvalue weighted by Crippen LogP contribution is 2.18. The molecule has 0 spiro atoms. The van der Waals surface area contributed by atoms with Crippen LogP contribution in [0.4, 0.5) is 5.13 Å². The third-order valence-electron chi connectivity index (χ3n) is 3.32. The minimum Gasteiger partial charge on any atom is -0.379 e. The van der Waals surface area contributed by atoms with Gasteiger partial charge in [-0.1, -0.05) is 6.92 Å². The monoisotopic (exact) mass is 270 g/mol. The van der Waals surface area contributed by atoms with Gasteiger partial charge in [0.05, 0.1) is 13.2 Å². The summed E-state index contributed by atoms with van der Waals surface area (Å²) in [4.78, 5) is 6.89. The summed E-state index contributed by atoms with van der Waals surface area (Å²) in [6.07, 6.45) is 0.894. The summed E-state index contributed by atoms with van der Waals surface area (Å²) in [6.45, 7) is 11.1. The number of hydrogen-bond donors (Lipinski definition) is 1. The quantitative estimate of drug-likeness (QED) is 0.881. The van der Waals surface area contributed by atoms with Crippen LogP contribution in [-0.4, -0.2) is 52.6 Å². The molecule has 1 aliphatic rings. The second-order valence-corrected chi connectivity index (χ2v) is 5.89. The zero-order valence-corrected chi connectivity index (χ0v) is 12.2. The molecule has 1 aromatic rings. The van der Waals surface area contributed by atoms with Gasteiger partial charge in [-0.2, -0.15) is 4.37 Å². The summed E-state index contributed by atoms with van der Waals surface area (Å²) in [5, 5.41) is 4.32. The Bertz CT molecular complexity index is 374. The maximum atomic E-state index is 5.39. The molecule has 0 aromatic carbocycles. The van der Waals surface area contributed by atoms with Crippen LogP contribution in [0.25, 0.3) is 0 Å². The fourth-order valence-corrected chi connectivity index (χ4v) is 2.69. The van der Waals surface area contributed by atoms with Gasteiger partial charge >= 0.3 is 0 Å². The minimum atomic E-state index is 0.113. The molecule has 0 bridgehead atoms. The first-order chi connectivity index (χ1) is 8.62. The third kappa shape index (κ3) is 3.40. The lowest BCUT2D eigenvalue weighted by molar-refractivity contribution is -0.00568. The zero-order valence-electron chi connectivity index (χ0n) is 11.4. The number of hydrogen-bond acceptors (Lipinski definition) is 6. The van der Waals surface area contributed by atoms with Crippen LogP contribution in [0.2, 0.25) is 0 Å². The van der Waals surface area contributed by atoms with Crippen molar-refractivity contribution in [3.05, 3.63) is 5.82 Å². The van der Waals surface area contributed by atoms with Gasteiger partial charge in [0.15, 0.2) is 0 Å². The number of nitrogens with zero attached hydrogens (tertiary/aromatic N) is 3. The lowest BCUT2D eigenvalue weighted by Crippen LogP contribution is -2.53. The molecule has 1 fully saturated rings. The SMILES string of the molecule is CCc1nsc(NCC(C)(C)N2CCOCC2)n1. The summed E-state index contributed by atoms with van der Waals surface area (Å²) < 4.78 is 9.68. The van der Waals surface area contributed by atoms with Crippen molar-refractivity contribution in [1.82, 2.24) is 14.3 Å². The molecule has 1 saturated heterocycles. The van der Waals surface area contributed by atoms with Gasteiger partial charge in [0.1, 0.15) is 5.82 Å². The molecule has 6 heteroatoms. The van der Waals surface area contributed by atoms with Crippen molar-refractivity contribution >= 4 is 16.7 Å². The van der Waals surface area contributed by atoms with Crippen LogP contribution in [0.3, 0.4) is 0 Å². The lowest BCUT2D eigenvalue weighted by atomic mass is 10.0. The molecule has 0 unspecified atom stereocenters. The van der Waals surface area contributed by atoms with E-state index in [1.807, 2.05) is 0 Å². The Morgan fingerprint density at radius 3 is 2.72 bits per heavy atom. The number of rotatable bonds is 5. The summed E-state index contributed by atoms with van der Waals surface area (Å²) in [7, 11) is 0. The molecule has 0 radical (unpaired) electrons. The van der Waals surface area contributed by atoms with Crippen molar-refractivity contribution in [2.45, 2.75) is 32.7 Å². The summed E-state index contributed by atoms with van der Waals surface area (Å²) >= 11 is 1.45. The average molecular weight is 270 g/mol. The standard InChI is InChI=1S/C12H22N4OS/c1-4-10-14-11(18-15-10)13-9-12(2,3)16-5-7-17-8-6-16/h4-9H2,1-3H3,(H,13,14,15). The van der Waals surface area contributed by atoms with E-state index in [-0.39, 0.29) is 5.54 Å². The number of morpholine rings is 1. The highest BCUT2D eigenvalue weighted by molar-refractivity contribution is 7.09. The van der Waals surface area contributed by atoms with Crippen LogP contribution < -0.4 is 5.32 Å². The molecule has 1 N–H and O–H groups in total. The Labute approximate surface area is 113 Å². The summed E-state index contributed by atoms with van der Waals surface area (Å²) in [5.74, 6) is 0.923. The molecule has 18 heavy (non-hydrogen) atoms. The molecule has 0 atom stereocenters. The Morgan fingerprint density at radius 2 is 2.11 bits per heavy atom. The van der Waals surface area contributed by atoms with E-state index in [1.54, 1.807) is 0 Å². The van der Waals surface area contributed by atoms with Crippen LogP contribution in [0.5, 0.6) is 0 Å². The number of anilines is 1. The Balaban J connectivity index is 1.87. The normalized spacial score (nSPS) is 17.9. The molecule has 2 rings (SSSR count). The van der Waals surface area contributed by atoms with Crippen molar-refractivity contribution in [2.75, 3.05) is 38.2 Å². The van der Waals surface area contributed by atoms with Gasteiger partial charge in [0, 0.05) is 43.1 Å². The van der Waals surface area contributed by atoms with Gasteiger partial charge in [0.2, 0.25) is 5.13 Å². The van der Waals surface area contributed by atoms with Gasteiger partial charge in [-0.05, 0) is 13.8 Å². The van der Waals surface area contributed by atoms with Crippen molar-refractivity contribution in [3.63, 3.8) is 0 Å².